The molecule has 1 aliphatic heterocycles. The summed E-state index contributed by atoms with van der Waals surface area (Å²) in [6.45, 7) is 3.25. The highest BCUT2D eigenvalue weighted by molar-refractivity contribution is 7.10. The first-order chi connectivity index (χ1) is 20.7. The molecule has 2 aromatic carbocycles. The number of allylic oxidation sites excluding steroid dienone is 2. The third kappa shape index (κ3) is 5.29. The van der Waals surface area contributed by atoms with Gasteiger partial charge >= 0.3 is 11.9 Å². The van der Waals surface area contributed by atoms with Gasteiger partial charge in [0.05, 0.1) is 29.6 Å². The number of thiophene rings is 1. The van der Waals surface area contributed by atoms with Crippen molar-refractivity contribution >= 4 is 40.4 Å². The van der Waals surface area contributed by atoms with Crippen molar-refractivity contribution in [3.05, 3.63) is 115 Å². The van der Waals surface area contributed by atoms with Crippen molar-refractivity contribution in [3.63, 3.8) is 0 Å². The maximum absolute atomic E-state index is 15.5. The summed E-state index contributed by atoms with van der Waals surface area (Å²) in [6, 6.07) is 14.8. The molecule has 3 atom stereocenters. The summed E-state index contributed by atoms with van der Waals surface area (Å²) in [7, 11) is 0. The molecule has 0 bridgehead atoms. The molecule has 0 saturated carbocycles. The number of Topliss-reactive ketones (excluding diaryl/α,β-unsaturated/α-hetero) is 1. The van der Waals surface area contributed by atoms with Gasteiger partial charge in [-0.1, -0.05) is 24.3 Å². The molecular weight excluding hydrogens is 577 g/mol. The summed E-state index contributed by atoms with van der Waals surface area (Å²) in [5.74, 6) is -6.24. The lowest BCUT2D eigenvalue weighted by Crippen LogP contribution is -2.46. The van der Waals surface area contributed by atoms with Gasteiger partial charge in [-0.2, -0.15) is 0 Å². The number of halogens is 1. The normalized spacial score (nSPS) is 20.1. The molecule has 43 heavy (non-hydrogen) atoms. The zero-order valence-electron chi connectivity index (χ0n) is 23.3. The number of esters is 2. The van der Waals surface area contributed by atoms with Crippen LogP contribution in [0, 0.1) is 21.8 Å². The maximum atomic E-state index is 15.5. The van der Waals surface area contributed by atoms with E-state index in [-0.39, 0.29) is 47.9 Å². The molecule has 5 rings (SSSR count). The molecule has 222 valence electrons. The Morgan fingerprint density at radius 2 is 1.77 bits per heavy atom. The number of non-ortho nitro benzene ring substituents is 1. The van der Waals surface area contributed by atoms with E-state index in [1.807, 2.05) is 11.4 Å². The van der Waals surface area contributed by atoms with Crippen LogP contribution < -0.4 is 10.6 Å². The van der Waals surface area contributed by atoms with Crippen LogP contribution >= 0.6 is 11.3 Å². The van der Waals surface area contributed by atoms with Gasteiger partial charge in [-0.05, 0) is 49.9 Å². The summed E-state index contributed by atoms with van der Waals surface area (Å²) in [4.78, 5) is 54.6. The number of anilines is 1. The molecule has 0 spiro atoms. The number of benzene rings is 2. The molecule has 0 unspecified atom stereocenters. The summed E-state index contributed by atoms with van der Waals surface area (Å²) in [5.41, 5.74) is 7.06. The molecule has 3 aromatic rings. The zero-order valence-corrected chi connectivity index (χ0v) is 24.1. The van der Waals surface area contributed by atoms with Gasteiger partial charge in [0.25, 0.3) is 5.69 Å². The smallest absolute Gasteiger partial charge is 0.338 e. The Kier molecular flexibility index (Phi) is 8.40. The Morgan fingerprint density at radius 1 is 1.07 bits per heavy atom. The molecule has 10 nitrogen and oxygen atoms in total. The van der Waals surface area contributed by atoms with Crippen LogP contribution in [0.2, 0.25) is 0 Å². The maximum Gasteiger partial charge on any atom is 0.338 e. The van der Waals surface area contributed by atoms with Crippen molar-refractivity contribution in [2.75, 3.05) is 18.1 Å². The van der Waals surface area contributed by atoms with Crippen molar-refractivity contribution in [1.29, 1.82) is 0 Å². The van der Waals surface area contributed by atoms with Crippen molar-refractivity contribution in [2.24, 2.45) is 11.7 Å². The lowest BCUT2D eigenvalue weighted by molar-refractivity contribution is -0.384. The number of nitro benzene ring substituents is 1. The van der Waals surface area contributed by atoms with Crippen LogP contribution in [-0.2, 0) is 23.9 Å². The molecule has 0 amide bonds. The van der Waals surface area contributed by atoms with Crippen LogP contribution in [0.3, 0.4) is 0 Å². The van der Waals surface area contributed by atoms with E-state index in [1.54, 1.807) is 26.0 Å². The number of ketones is 1. The van der Waals surface area contributed by atoms with Gasteiger partial charge < -0.3 is 15.2 Å². The molecule has 1 aliphatic carbocycles. The number of hydrogen-bond donors (Lipinski definition) is 1. The standard InChI is InChI=1S/C31H28FN3O7S/c1-3-41-30(37)25-20(23-10-7-15-43-23)16-22-26(28(25)36)24(19-8-5-6-9-21(19)32)27(31(38)42-4-2)29(33)34(22)17-11-13-18(14-12-17)35(39)40/h5-15,20,24-25H,3-4,16,33H2,1-2H3/t20-,24+,25+/m0/s1. The minimum atomic E-state index is -1.29. The number of carbonyl (C=O) groups excluding carboxylic acids is 3. The quantitative estimate of drug-likeness (QED) is 0.156. The molecule has 12 heteroatoms. The number of nitrogens with two attached hydrogens (primary N) is 1. The lowest BCUT2D eigenvalue weighted by Gasteiger charge is -2.43. The highest BCUT2D eigenvalue weighted by atomic mass is 32.1. The van der Waals surface area contributed by atoms with E-state index in [0.717, 1.165) is 4.88 Å². The SMILES string of the molecule is CCOC(=O)C1=C(N)N(c2ccc([N+](=O)[O-])cc2)C2=C(C(=O)[C@H](C(=O)OCC)[C@H](c3cccs3)C2)[C@H]1c1ccccc1F. The average Bonchev–Trinajstić information content (AvgIpc) is 3.52. The molecule has 0 saturated heterocycles. The van der Waals surface area contributed by atoms with E-state index in [1.165, 1.54) is 58.7 Å². The molecule has 2 N–H and O–H groups in total. The van der Waals surface area contributed by atoms with E-state index in [0.29, 0.717) is 11.4 Å². The highest BCUT2D eigenvalue weighted by Crippen LogP contribution is 2.52. The minimum absolute atomic E-state index is 0.00608. The van der Waals surface area contributed by atoms with Crippen LogP contribution in [0.15, 0.2) is 88.7 Å². The lowest BCUT2D eigenvalue weighted by atomic mass is 9.68. The first kappa shape index (κ1) is 29.6. The van der Waals surface area contributed by atoms with Gasteiger partial charge in [0, 0.05) is 45.4 Å². The van der Waals surface area contributed by atoms with Gasteiger partial charge in [-0.15, -0.1) is 11.3 Å². The van der Waals surface area contributed by atoms with E-state index in [9.17, 15) is 24.5 Å². The van der Waals surface area contributed by atoms with Gasteiger partial charge in [0.15, 0.2) is 5.78 Å². The number of carbonyl (C=O) groups is 3. The predicted octanol–water partition coefficient (Wildman–Crippen LogP) is 5.32. The number of ether oxygens (including phenoxy) is 2. The fourth-order valence-corrected chi connectivity index (χ4v) is 6.61. The van der Waals surface area contributed by atoms with E-state index < -0.39 is 46.2 Å². The van der Waals surface area contributed by atoms with Crippen LogP contribution in [0.25, 0.3) is 0 Å². The number of rotatable bonds is 8. The molecule has 2 aliphatic rings. The Balaban J connectivity index is 1.82. The van der Waals surface area contributed by atoms with Crippen molar-refractivity contribution < 1.29 is 33.2 Å². The van der Waals surface area contributed by atoms with E-state index in [4.69, 9.17) is 15.2 Å². The third-order valence-corrected chi connectivity index (χ3v) is 8.52. The first-order valence-corrected chi connectivity index (χ1v) is 14.5. The molecule has 2 heterocycles. The minimum Gasteiger partial charge on any atom is -0.465 e. The summed E-state index contributed by atoms with van der Waals surface area (Å²) in [6.07, 6.45) is 0.101. The summed E-state index contributed by atoms with van der Waals surface area (Å²) in [5, 5.41) is 13.2. The Bertz CT molecular complexity index is 1650. The van der Waals surface area contributed by atoms with Crippen molar-refractivity contribution in [3.8, 4) is 0 Å². The Hall–Kier alpha value is -4.84. The highest BCUT2D eigenvalue weighted by Gasteiger charge is 2.52. The third-order valence-electron chi connectivity index (χ3n) is 7.52. The van der Waals surface area contributed by atoms with E-state index in [2.05, 4.69) is 0 Å². The predicted molar refractivity (Wildman–Crippen MR) is 156 cm³/mol. The number of hydrogen-bond acceptors (Lipinski definition) is 10. The fraction of sp³-hybridized carbons (Fsp3) is 0.258. The number of nitro groups is 1. The monoisotopic (exact) mass is 605 g/mol. The molecule has 1 aromatic heterocycles. The number of nitrogens with zero attached hydrogens (tertiary/aromatic N) is 2. The molecule has 0 radical (unpaired) electrons. The fourth-order valence-electron chi connectivity index (χ4n) is 5.75. The largest absolute Gasteiger partial charge is 0.465 e. The zero-order chi connectivity index (χ0) is 30.8. The second-order valence-electron chi connectivity index (χ2n) is 9.86. The molecule has 0 fully saturated rings. The Labute approximate surface area is 250 Å². The van der Waals surface area contributed by atoms with Gasteiger partial charge in [0.1, 0.15) is 17.6 Å². The second kappa shape index (κ2) is 12.2. The van der Waals surface area contributed by atoms with Crippen LogP contribution in [0.5, 0.6) is 0 Å². The van der Waals surface area contributed by atoms with Crippen LogP contribution in [-0.4, -0.2) is 35.9 Å². The van der Waals surface area contributed by atoms with Gasteiger partial charge in [-0.3, -0.25) is 24.6 Å². The Morgan fingerprint density at radius 3 is 2.37 bits per heavy atom. The van der Waals surface area contributed by atoms with Gasteiger partial charge in [0.2, 0.25) is 0 Å². The topological polar surface area (TPSA) is 142 Å². The summed E-state index contributed by atoms with van der Waals surface area (Å²) >= 11 is 1.37. The molecular formula is C31H28FN3O7S. The van der Waals surface area contributed by atoms with Crippen LogP contribution in [0.1, 0.15) is 42.5 Å². The second-order valence-corrected chi connectivity index (χ2v) is 10.8. The first-order valence-electron chi connectivity index (χ1n) is 13.6. The van der Waals surface area contributed by atoms with Crippen molar-refractivity contribution in [2.45, 2.75) is 32.1 Å². The van der Waals surface area contributed by atoms with Gasteiger partial charge in [-0.25, -0.2) is 9.18 Å². The average molecular weight is 606 g/mol. The van der Waals surface area contributed by atoms with E-state index >= 15 is 4.39 Å². The summed E-state index contributed by atoms with van der Waals surface area (Å²) < 4.78 is 26.2. The van der Waals surface area contributed by atoms with Crippen molar-refractivity contribution in [1.82, 2.24) is 0 Å². The van der Waals surface area contributed by atoms with Crippen LogP contribution in [0.4, 0.5) is 15.8 Å².